The predicted octanol–water partition coefficient (Wildman–Crippen LogP) is 3.51. The Hall–Kier alpha value is -1.88. The summed E-state index contributed by atoms with van der Waals surface area (Å²) in [5.74, 6) is 0.746. The van der Waals surface area contributed by atoms with Gasteiger partial charge in [-0.2, -0.15) is 0 Å². The second-order valence-corrected chi connectivity index (χ2v) is 8.32. The third kappa shape index (κ3) is 5.55. The molecule has 5 nitrogen and oxygen atoms in total. The van der Waals surface area contributed by atoms with Crippen molar-refractivity contribution in [2.24, 2.45) is 11.8 Å². The van der Waals surface area contributed by atoms with Crippen LogP contribution in [0.1, 0.15) is 51.5 Å². The SMILES string of the molecule is CC(C)C(=O)N1CCC(CC(=O)Nc2ccccc2CN2CCCC2)CC1. The van der Waals surface area contributed by atoms with Crippen LogP contribution >= 0.6 is 0 Å². The molecule has 1 aromatic carbocycles. The van der Waals surface area contributed by atoms with Crippen molar-refractivity contribution in [3.63, 3.8) is 0 Å². The second-order valence-electron chi connectivity index (χ2n) is 8.32. The third-order valence-electron chi connectivity index (χ3n) is 5.78. The van der Waals surface area contributed by atoms with E-state index in [2.05, 4.69) is 16.3 Å². The van der Waals surface area contributed by atoms with E-state index in [0.717, 1.165) is 51.3 Å². The zero-order valence-electron chi connectivity index (χ0n) is 16.7. The largest absolute Gasteiger partial charge is 0.342 e. The predicted molar refractivity (Wildman–Crippen MR) is 108 cm³/mol. The zero-order chi connectivity index (χ0) is 19.2. The lowest BCUT2D eigenvalue weighted by Gasteiger charge is -2.33. The first-order chi connectivity index (χ1) is 13.0. The van der Waals surface area contributed by atoms with Gasteiger partial charge >= 0.3 is 0 Å². The molecule has 0 unspecified atom stereocenters. The van der Waals surface area contributed by atoms with Gasteiger partial charge in [0.05, 0.1) is 0 Å². The number of anilines is 1. The van der Waals surface area contributed by atoms with Gasteiger partial charge in [-0.05, 0) is 56.3 Å². The van der Waals surface area contributed by atoms with Crippen LogP contribution in [0.25, 0.3) is 0 Å². The Kier molecular flexibility index (Phi) is 6.89. The van der Waals surface area contributed by atoms with Crippen LogP contribution in [0.5, 0.6) is 0 Å². The monoisotopic (exact) mass is 371 g/mol. The first kappa shape index (κ1) is 19.9. The molecular formula is C22H33N3O2. The van der Waals surface area contributed by atoms with Crippen molar-refractivity contribution in [3.05, 3.63) is 29.8 Å². The van der Waals surface area contributed by atoms with E-state index in [1.54, 1.807) is 0 Å². The molecule has 0 radical (unpaired) electrons. The van der Waals surface area contributed by atoms with E-state index < -0.39 is 0 Å². The molecule has 148 valence electrons. The normalized spacial score (nSPS) is 18.9. The minimum Gasteiger partial charge on any atom is -0.342 e. The highest BCUT2D eigenvalue weighted by atomic mass is 16.2. The molecule has 1 N–H and O–H groups in total. The molecule has 0 bridgehead atoms. The fraction of sp³-hybridized carbons (Fsp3) is 0.636. The maximum atomic E-state index is 12.6. The Labute approximate surface area is 163 Å². The molecule has 2 fully saturated rings. The van der Waals surface area contributed by atoms with Crippen LogP contribution in [0.15, 0.2) is 24.3 Å². The minimum absolute atomic E-state index is 0.0527. The average molecular weight is 372 g/mol. The summed E-state index contributed by atoms with van der Waals surface area (Å²) in [5, 5.41) is 3.14. The van der Waals surface area contributed by atoms with Crippen molar-refractivity contribution in [1.82, 2.24) is 9.80 Å². The van der Waals surface area contributed by atoms with Gasteiger partial charge in [0.25, 0.3) is 0 Å². The number of carbonyl (C=O) groups is 2. The summed E-state index contributed by atoms with van der Waals surface area (Å²) < 4.78 is 0. The molecule has 2 aliphatic rings. The highest BCUT2D eigenvalue weighted by Crippen LogP contribution is 2.24. The van der Waals surface area contributed by atoms with Crippen molar-refractivity contribution in [3.8, 4) is 0 Å². The van der Waals surface area contributed by atoms with E-state index in [4.69, 9.17) is 0 Å². The van der Waals surface area contributed by atoms with Crippen molar-refractivity contribution in [2.45, 2.75) is 52.5 Å². The van der Waals surface area contributed by atoms with Crippen LogP contribution in [0.4, 0.5) is 5.69 Å². The van der Waals surface area contributed by atoms with Crippen LogP contribution < -0.4 is 5.32 Å². The summed E-state index contributed by atoms with van der Waals surface area (Å²) in [4.78, 5) is 29.1. The molecule has 0 atom stereocenters. The molecule has 27 heavy (non-hydrogen) atoms. The number of hydrogen-bond acceptors (Lipinski definition) is 3. The summed E-state index contributed by atoms with van der Waals surface area (Å²) in [6.07, 6.45) is 4.92. The van der Waals surface area contributed by atoms with E-state index in [-0.39, 0.29) is 17.7 Å². The molecule has 2 aliphatic heterocycles. The quantitative estimate of drug-likeness (QED) is 0.833. The lowest BCUT2D eigenvalue weighted by molar-refractivity contribution is -0.135. The molecule has 0 aliphatic carbocycles. The van der Waals surface area contributed by atoms with Gasteiger partial charge in [-0.3, -0.25) is 14.5 Å². The lowest BCUT2D eigenvalue weighted by Crippen LogP contribution is -2.41. The first-order valence-electron chi connectivity index (χ1n) is 10.4. The zero-order valence-corrected chi connectivity index (χ0v) is 16.7. The van der Waals surface area contributed by atoms with Gasteiger partial charge in [-0.1, -0.05) is 32.0 Å². The number of likely N-dealkylation sites (tertiary alicyclic amines) is 2. The number of rotatable bonds is 6. The highest BCUT2D eigenvalue weighted by Gasteiger charge is 2.25. The number of carbonyl (C=O) groups excluding carboxylic acids is 2. The maximum Gasteiger partial charge on any atom is 0.225 e. The first-order valence-corrected chi connectivity index (χ1v) is 10.4. The summed E-state index contributed by atoms with van der Waals surface area (Å²) in [5.41, 5.74) is 2.15. The van der Waals surface area contributed by atoms with Crippen molar-refractivity contribution >= 4 is 17.5 Å². The van der Waals surface area contributed by atoms with Gasteiger partial charge < -0.3 is 10.2 Å². The summed E-state index contributed by atoms with van der Waals surface area (Å²) in [6, 6.07) is 8.15. The van der Waals surface area contributed by atoms with Gasteiger partial charge in [0.15, 0.2) is 0 Å². The van der Waals surface area contributed by atoms with Gasteiger partial charge in [-0.15, -0.1) is 0 Å². The summed E-state index contributed by atoms with van der Waals surface area (Å²) in [6.45, 7) is 8.65. The second kappa shape index (κ2) is 9.36. The van der Waals surface area contributed by atoms with Gasteiger partial charge in [0.2, 0.25) is 11.8 Å². The number of piperidine rings is 1. The Morgan fingerprint density at radius 2 is 1.74 bits per heavy atom. The number of benzene rings is 1. The molecule has 2 saturated heterocycles. The molecule has 0 saturated carbocycles. The Morgan fingerprint density at radius 3 is 2.41 bits per heavy atom. The van der Waals surface area contributed by atoms with Crippen LogP contribution in [-0.2, 0) is 16.1 Å². The highest BCUT2D eigenvalue weighted by molar-refractivity contribution is 5.91. The van der Waals surface area contributed by atoms with E-state index in [1.165, 1.54) is 18.4 Å². The van der Waals surface area contributed by atoms with Crippen LogP contribution in [0.3, 0.4) is 0 Å². The van der Waals surface area contributed by atoms with E-state index >= 15 is 0 Å². The Bertz CT molecular complexity index is 645. The van der Waals surface area contributed by atoms with Crippen LogP contribution in [0.2, 0.25) is 0 Å². The third-order valence-corrected chi connectivity index (χ3v) is 5.78. The number of amides is 2. The Balaban J connectivity index is 1.49. The van der Waals surface area contributed by atoms with E-state index in [9.17, 15) is 9.59 Å². The fourth-order valence-corrected chi connectivity index (χ4v) is 4.15. The Morgan fingerprint density at radius 1 is 1.07 bits per heavy atom. The molecule has 2 amide bonds. The van der Waals surface area contributed by atoms with Gasteiger partial charge in [0, 0.05) is 37.7 Å². The smallest absolute Gasteiger partial charge is 0.225 e. The molecule has 5 heteroatoms. The number of nitrogens with one attached hydrogen (secondary N) is 1. The summed E-state index contributed by atoms with van der Waals surface area (Å²) >= 11 is 0. The molecule has 0 aromatic heterocycles. The van der Waals surface area contributed by atoms with Crippen molar-refractivity contribution in [2.75, 3.05) is 31.5 Å². The number of para-hydroxylation sites is 1. The molecule has 0 spiro atoms. The van der Waals surface area contributed by atoms with Gasteiger partial charge in [-0.25, -0.2) is 0 Å². The molecule has 3 rings (SSSR count). The maximum absolute atomic E-state index is 12.6. The summed E-state index contributed by atoms with van der Waals surface area (Å²) in [7, 11) is 0. The lowest BCUT2D eigenvalue weighted by atomic mass is 9.92. The van der Waals surface area contributed by atoms with Crippen LogP contribution in [-0.4, -0.2) is 47.8 Å². The molecule has 1 aromatic rings. The standard InChI is InChI=1S/C22H33N3O2/c1-17(2)22(27)25-13-9-18(10-14-25)15-21(26)23-20-8-4-3-7-19(20)16-24-11-5-6-12-24/h3-4,7-8,17-18H,5-6,9-16H2,1-2H3,(H,23,26). The topological polar surface area (TPSA) is 52.7 Å². The van der Waals surface area contributed by atoms with Crippen molar-refractivity contribution in [1.29, 1.82) is 0 Å². The van der Waals surface area contributed by atoms with Gasteiger partial charge in [0.1, 0.15) is 0 Å². The number of nitrogens with zero attached hydrogens (tertiary/aromatic N) is 2. The molecule has 2 heterocycles. The fourth-order valence-electron chi connectivity index (χ4n) is 4.15. The number of hydrogen-bond donors (Lipinski definition) is 1. The molecular weight excluding hydrogens is 338 g/mol. The minimum atomic E-state index is 0.0527. The average Bonchev–Trinajstić information content (AvgIpc) is 3.16. The van der Waals surface area contributed by atoms with Crippen molar-refractivity contribution < 1.29 is 9.59 Å². The van der Waals surface area contributed by atoms with E-state index in [0.29, 0.717) is 12.3 Å². The van der Waals surface area contributed by atoms with Crippen LogP contribution in [0, 0.1) is 11.8 Å². The van der Waals surface area contributed by atoms with E-state index in [1.807, 2.05) is 36.9 Å².